The molecular weight excluding hydrogens is 196 g/mol. The molecule has 2 N–H and O–H groups in total. The maximum atomic E-state index is 5.84. The van der Waals surface area contributed by atoms with Crippen LogP contribution in [0.5, 0.6) is 0 Å². The summed E-state index contributed by atoms with van der Waals surface area (Å²) in [6.45, 7) is 4.34. The Kier molecular flexibility index (Phi) is 3.20. The molecule has 16 heavy (non-hydrogen) atoms. The molecule has 1 aliphatic rings. The van der Waals surface area contributed by atoms with Gasteiger partial charge in [0.15, 0.2) is 0 Å². The van der Waals surface area contributed by atoms with Gasteiger partial charge in [-0.2, -0.15) is 0 Å². The molecule has 1 saturated carbocycles. The van der Waals surface area contributed by atoms with E-state index in [0.717, 1.165) is 5.92 Å². The highest BCUT2D eigenvalue weighted by atomic mass is 15.1. The summed E-state index contributed by atoms with van der Waals surface area (Å²) in [7, 11) is 2.18. The van der Waals surface area contributed by atoms with Gasteiger partial charge in [-0.3, -0.25) is 0 Å². The second kappa shape index (κ2) is 4.46. The molecule has 0 amide bonds. The number of nitrogens with zero attached hydrogens (tertiary/aromatic N) is 1. The molecule has 2 nitrogen and oxygen atoms in total. The highest BCUT2D eigenvalue weighted by Crippen LogP contribution is 2.36. The summed E-state index contributed by atoms with van der Waals surface area (Å²) in [6, 6.07) is 9.41. The van der Waals surface area contributed by atoms with Gasteiger partial charge in [0.05, 0.1) is 0 Å². The van der Waals surface area contributed by atoms with Crippen LogP contribution in [-0.2, 0) is 0 Å². The fraction of sp³-hybridized carbons (Fsp3) is 0.571. The minimum absolute atomic E-state index is 0.125. The van der Waals surface area contributed by atoms with Crippen molar-refractivity contribution in [1.82, 2.24) is 0 Å². The quantitative estimate of drug-likeness (QED) is 0.842. The highest BCUT2D eigenvalue weighted by molar-refractivity contribution is 5.48. The van der Waals surface area contributed by atoms with E-state index in [1.54, 1.807) is 0 Å². The van der Waals surface area contributed by atoms with Crippen LogP contribution in [0.1, 0.15) is 38.3 Å². The largest absolute Gasteiger partial charge is 0.372 e. The number of hydrogen-bond donors (Lipinski definition) is 1. The molecule has 2 unspecified atom stereocenters. The minimum Gasteiger partial charge on any atom is -0.372 e. The van der Waals surface area contributed by atoms with Crippen LogP contribution < -0.4 is 10.6 Å². The number of benzene rings is 1. The lowest BCUT2D eigenvalue weighted by Gasteiger charge is -2.27. The molecule has 0 heterocycles. The lowest BCUT2D eigenvalue weighted by Crippen LogP contribution is -2.30. The van der Waals surface area contributed by atoms with E-state index in [0.29, 0.717) is 6.04 Å². The number of hydrogen-bond acceptors (Lipinski definition) is 2. The Morgan fingerprint density at radius 2 is 1.75 bits per heavy atom. The summed E-state index contributed by atoms with van der Waals surface area (Å²) in [5, 5.41) is 0. The Morgan fingerprint density at radius 3 is 2.19 bits per heavy atom. The summed E-state index contributed by atoms with van der Waals surface area (Å²) in [4.78, 5) is 2.38. The SMILES string of the molecule is CC(N)c1ccc(N(C)C(C)C2CC2)cc1. The van der Waals surface area contributed by atoms with E-state index in [-0.39, 0.29) is 6.04 Å². The van der Waals surface area contributed by atoms with Crippen molar-refractivity contribution in [2.75, 3.05) is 11.9 Å². The predicted octanol–water partition coefficient (Wildman–Crippen LogP) is 2.94. The van der Waals surface area contributed by atoms with Gasteiger partial charge in [0.1, 0.15) is 0 Å². The van der Waals surface area contributed by atoms with E-state index in [2.05, 4.69) is 43.1 Å². The van der Waals surface area contributed by atoms with Gasteiger partial charge < -0.3 is 10.6 Å². The van der Waals surface area contributed by atoms with Crippen LogP contribution in [0, 0.1) is 5.92 Å². The van der Waals surface area contributed by atoms with Crippen molar-refractivity contribution >= 4 is 5.69 Å². The first-order valence-electron chi connectivity index (χ1n) is 6.18. The summed E-state index contributed by atoms with van der Waals surface area (Å²) in [5.74, 6) is 0.901. The third-order valence-electron chi connectivity index (χ3n) is 3.74. The normalized spacial score (nSPS) is 19.2. The summed E-state index contributed by atoms with van der Waals surface area (Å²) >= 11 is 0. The van der Waals surface area contributed by atoms with Crippen LogP contribution in [0.4, 0.5) is 5.69 Å². The summed E-state index contributed by atoms with van der Waals surface area (Å²) in [5.41, 5.74) is 8.34. The summed E-state index contributed by atoms with van der Waals surface area (Å²) in [6.07, 6.45) is 2.78. The lowest BCUT2D eigenvalue weighted by molar-refractivity contribution is 0.609. The van der Waals surface area contributed by atoms with Crippen molar-refractivity contribution in [3.63, 3.8) is 0 Å². The van der Waals surface area contributed by atoms with Crippen molar-refractivity contribution < 1.29 is 0 Å². The van der Waals surface area contributed by atoms with Crippen LogP contribution in [0.2, 0.25) is 0 Å². The first-order valence-corrected chi connectivity index (χ1v) is 6.18. The molecule has 2 heteroatoms. The molecule has 1 fully saturated rings. The third kappa shape index (κ3) is 2.38. The Labute approximate surface area is 98.4 Å². The second-order valence-corrected chi connectivity index (χ2v) is 5.07. The standard InChI is InChI=1S/C14H22N2/c1-10(15)12-6-8-14(9-7-12)16(3)11(2)13-4-5-13/h6-11,13H,4-5,15H2,1-3H3. The molecule has 1 aromatic rings. The van der Waals surface area contributed by atoms with E-state index in [1.165, 1.54) is 24.1 Å². The number of anilines is 1. The molecule has 0 radical (unpaired) electrons. The Morgan fingerprint density at radius 1 is 1.19 bits per heavy atom. The fourth-order valence-electron chi connectivity index (χ4n) is 2.14. The minimum atomic E-state index is 0.125. The van der Waals surface area contributed by atoms with Gasteiger partial charge >= 0.3 is 0 Å². The van der Waals surface area contributed by atoms with Gasteiger partial charge in [0, 0.05) is 24.8 Å². The van der Waals surface area contributed by atoms with E-state index in [1.807, 2.05) is 6.92 Å². The maximum Gasteiger partial charge on any atom is 0.0366 e. The van der Waals surface area contributed by atoms with Gasteiger partial charge in [-0.15, -0.1) is 0 Å². The van der Waals surface area contributed by atoms with Crippen molar-refractivity contribution in [1.29, 1.82) is 0 Å². The van der Waals surface area contributed by atoms with Gasteiger partial charge in [0.2, 0.25) is 0 Å². The zero-order valence-electron chi connectivity index (χ0n) is 10.5. The average Bonchev–Trinajstić information content (AvgIpc) is 3.11. The first kappa shape index (κ1) is 11.5. The van der Waals surface area contributed by atoms with E-state index in [9.17, 15) is 0 Å². The monoisotopic (exact) mass is 218 g/mol. The van der Waals surface area contributed by atoms with Crippen LogP contribution in [0.15, 0.2) is 24.3 Å². The van der Waals surface area contributed by atoms with Crippen LogP contribution >= 0.6 is 0 Å². The van der Waals surface area contributed by atoms with Crippen molar-refractivity contribution in [3.8, 4) is 0 Å². The molecule has 1 aliphatic carbocycles. The number of nitrogens with two attached hydrogens (primary N) is 1. The zero-order chi connectivity index (χ0) is 11.7. The smallest absolute Gasteiger partial charge is 0.0366 e. The maximum absolute atomic E-state index is 5.84. The van der Waals surface area contributed by atoms with Crippen molar-refractivity contribution in [2.24, 2.45) is 11.7 Å². The second-order valence-electron chi connectivity index (χ2n) is 5.07. The molecule has 0 spiro atoms. The predicted molar refractivity (Wildman–Crippen MR) is 69.6 cm³/mol. The lowest BCUT2D eigenvalue weighted by atomic mass is 10.1. The van der Waals surface area contributed by atoms with E-state index < -0.39 is 0 Å². The van der Waals surface area contributed by atoms with Crippen molar-refractivity contribution in [3.05, 3.63) is 29.8 Å². The zero-order valence-corrected chi connectivity index (χ0v) is 10.5. The highest BCUT2D eigenvalue weighted by Gasteiger charge is 2.30. The van der Waals surface area contributed by atoms with E-state index >= 15 is 0 Å². The average molecular weight is 218 g/mol. The molecule has 1 aromatic carbocycles. The summed E-state index contributed by atoms with van der Waals surface area (Å²) < 4.78 is 0. The number of rotatable bonds is 4. The Balaban J connectivity index is 2.08. The molecule has 0 bridgehead atoms. The molecular formula is C14H22N2. The van der Waals surface area contributed by atoms with Gasteiger partial charge in [-0.05, 0) is 50.3 Å². The molecule has 2 atom stereocenters. The van der Waals surface area contributed by atoms with Gasteiger partial charge in [-0.1, -0.05) is 12.1 Å². The van der Waals surface area contributed by atoms with Crippen LogP contribution in [-0.4, -0.2) is 13.1 Å². The third-order valence-corrected chi connectivity index (χ3v) is 3.74. The molecule has 0 aliphatic heterocycles. The molecule has 0 aromatic heterocycles. The Bertz CT molecular complexity index is 338. The van der Waals surface area contributed by atoms with Crippen LogP contribution in [0.25, 0.3) is 0 Å². The first-order chi connectivity index (χ1) is 7.59. The fourth-order valence-corrected chi connectivity index (χ4v) is 2.14. The van der Waals surface area contributed by atoms with Gasteiger partial charge in [-0.25, -0.2) is 0 Å². The van der Waals surface area contributed by atoms with E-state index in [4.69, 9.17) is 5.73 Å². The van der Waals surface area contributed by atoms with Crippen molar-refractivity contribution in [2.45, 2.75) is 38.8 Å². The molecule has 0 saturated heterocycles. The molecule has 88 valence electrons. The van der Waals surface area contributed by atoms with Crippen LogP contribution in [0.3, 0.4) is 0 Å². The topological polar surface area (TPSA) is 29.3 Å². The van der Waals surface area contributed by atoms with Gasteiger partial charge in [0.25, 0.3) is 0 Å². The molecule has 2 rings (SSSR count). The Hall–Kier alpha value is -1.02.